The van der Waals surface area contributed by atoms with E-state index >= 15 is 0 Å². The van der Waals surface area contributed by atoms with Gasteiger partial charge in [-0.1, -0.05) is 0 Å². The number of anilines is 1. The molecule has 0 bridgehead atoms. The second-order valence-electron chi connectivity index (χ2n) is 5.25. The zero-order valence-corrected chi connectivity index (χ0v) is 10.6. The summed E-state index contributed by atoms with van der Waals surface area (Å²) in [4.78, 5) is 10.9. The molecule has 1 aliphatic heterocycles. The van der Waals surface area contributed by atoms with Gasteiger partial charge in [-0.05, 0) is 26.7 Å². The average molecular weight is 247 g/mol. The summed E-state index contributed by atoms with van der Waals surface area (Å²) >= 11 is 0. The summed E-state index contributed by atoms with van der Waals surface area (Å²) in [7, 11) is 0. The molecule has 96 valence electrons. The summed E-state index contributed by atoms with van der Waals surface area (Å²) < 4.78 is 0. The maximum Gasteiger partial charge on any atom is 0.161 e. The summed E-state index contributed by atoms with van der Waals surface area (Å²) in [6, 6.07) is 0. The molecule has 3 rings (SSSR count). The number of H-pyrrole nitrogens is 1. The molecule has 1 aliphatic rings. The smallest absolute Gasteiger partial charge is 0.161 e. The Morgan fingerprint density at radius 2 is 2.28 bits per heavy atom. The average Bonchev–Trinajstić information content (AvgIpc) is 2.74. The van der Waals surface area contributed by atoms with Crippen molar-refractivity contribution in [3.8, 4) is 0 Å². The standard InChI is InChI=1S/C12H17N5O/c1-8-14-10-9(6-13-16-10)11(15-8)17-5-3-4-12(2,18)7-17/h6,18H,3-5,7H2,1-2H3,(H,13,14,15,16)/t12-/m0/s1. The number of nitrogens with one attached hydrogen (secondary N) is 1. The maximum atomic E-state index is 10.2. The Bertz CT molecular complexity index is 577. The number of aliphatic hydroxyl groups is 1. The van der Waals surface area contributed by atoms with Crippen LogP contribution < -0.4 is 4.90 Å². The summed E-state index contributed by atoms with van der Waals surface area (Å²) in [5.74, 6) is 1.58. The Morgan fingerprint density at radius 1 is 1.44 bits per heavy atom. The highest BCUT2D eigenvalue weighted by molar-refractivity contribution is 5.86. The molecule has 0 saturated carbocycles. The topological polar surface area (TPSA) is 77.9 Å². The van der Waals surface area contributed by atoms with Crippen LogP contribution in [-0.2, 0) is 0 Å². The van der Waals surface area contributed by atoms with Crippen LogP contribution in [0.4, 0.5) is 5.82 Å². The fourth-order valence-electron chi connectivity index (χ4n) is 2.57. The van der Waals surface area contributed by atoms with Gasteiger partial charge in [0.15, 0.2) is 5.65 Å². The SMILES string of the molecule is Cc1nc(N2CCC[C@](C)(O)C2)c2cn[nH]c2n1. The van der Waals surface area contributed by atoms with E-state index in [-0.39, 0.29) is 0 Å². The third-order valence-electron chi connectivity index (χ3n) is 3.38. The highest BCUT2D eigenvalue weighted by Gasteiger charge is 2.30. The molecular weight excluding hydrogens is 230 g/mol. The lowest BCUT2D eigenvalue weighted by Gasteiger charge is -2.37. The highest BCUT2D eigenvalue weighted by atomic mass is 16.3. The van der Waals surface area contributed by atoms with Gasteiger partial charge in [0.25, 0.3) is 0 Å². The zero-order chi connectivity index (χ0) is 12.8. The minimum Gasteiger partial charge on any atom is -0.388 e. The van der Waals surface area contributed by atoms with Crippen molar-refractivity contribution in [1.82, 2.24) is 20.2 Å². The van der Waals surface area contributed by atoms with Crippen LogP contribution in [-0.4, -0.2) is 44.0 Å². The van der Waals surface area contributed by atoms with Gasteiger partial charge in [0, 0.05) is 13.1 Å². The zero-order valence-electron chi connectivity index (χ0n) is 10.6. The fourth-order valence-corrected chi connectivity index (χ4v) is 2.57. The molecule has 0 amide bonds. The number of aromatic nitrogens is 4. The minimum absolute atomic E-state index is 0.601. The predicted molar refractivity (Wildman–Crippen MR) is 68.5 cm³/mol. The number of piperidine rings is 1. The number of aryl methyl sites for hydroxylation is 1. The van der Waals surface area contributed by atoms with Crippen molar-refractivity contribution in [3.63, 3.8) is 0 Å². The van der Waals surface area contributed by atoms with Gasteiger partial charge in [0.1, 0.15) is 11.6 Å². The summed E-state index contributed by atoms with van der Waals surface area (Å²) in [6.07, 6.45) is 3.55. The van der Waals surface area contributed by atoms with Crippen LogP contribution in [0.5, 0.6) is 0 Å². The first-order valence-electron chi connectivity index (χ1n) is 6.20. The number of hydrogen-bond donors (Lipinski definition) is 2. The Balaban J connectivity index is 2.05. The van der Waals surface area contributed by atoms with Crippen molar-refractivity contribution < 1.29 is 5.11 Å². The summed E-state index contributed by atoms with van der Waals surface area (Å²) in [5, 5.41) is 18.0. The number of aromatic amines is 1. The highest BCUT2D eigenvalue weighted by Crippen LogP contribution is 2.28. The molecule has 0 aliphatic carbocycles. The van der Waals surface area contributed by atoms with Gasteiger partial charge >= 0.3 is 0 Å². The van der Waals surface area contributed by atoms with E-state index in [1.165, 1.54) is 0 Å². The van der Waals surface area contributed by atoms with E-state index < -0.39 is 5.60 Å². The number of hydrogen-bond acceptors (Lipinski definition) is 5. The van der Waals surface area contributed by atoms with Gasteiger partial charge in [-0.15, -0.1) is 0 Å². The van der Waals surface area contributed by atoms with E-state index in [1.54, 1.807) is 6.20 Å². The molecule has 6 heteroatoms. The van der Waals surface area contributed by atoms with Crippen LogP contribution in [0.3, 0.4) is 0 Å². The molecule has 2 aromatic rings. The molecule has 0 aromatic carbocycles. The Kier molecular flexibility index (Phi) is 2.48. The normalized spacial score (nSPS) is 24.7. The van der Waals surface area contributed by atoms with E-state index in [0.29, 0.717) is 12.4 Å². The number of β-amino-alcohol motifs (C(OH)–C–C–N with tert-alkyl or cyclic N) is 1. The number of rotatable bonds is 1. The molecule has 3 heterocycles. The molecule has 1 atom stereocenters. The van der Waals surface area contributed by atoms with Crippen LogP contribution in [0.1, 0.15) is 25.6 Å². The van der Waals surface area contributed by atoms with Crippen LogP contribution in [0, 0.1) is 6.92 Å². The number of fused-ring (bicyclic) bond motifs is 1. The molecule has 2 aromatic heterocycles. The summed E-state index contributed by atoms with van der Waals surface area (Å²) in [6.45, 7) is 5.25. The first kappa shape index (κ1) is 11.4. The quantitative estimate of drug-likeness (QED) is 0.786. The van der Waals surface area contributed by atoms with Gasteiger partial charge in [-0.25, -0.2) is 9.97 Å². The monoisotopic (exact) mass is 247 g/mol. The van der Waals surface area contributed by atoms with Crippen LogP contribution in [0.25, 0.3) is 11.0 Å². The van der Waals surface area contributed by atoms with E-state index in [9.17, 15) is 5.11 Å². The van der Waals surface area contributed by atoms with E-state index in [2.05, 4.69) is 25.1 Å². The summed E-state index contributed by atoms with van der Waals surface area (Å²) in [5.41, 5.74) is 0.107. The maximum absolute atomic E-state index is 10.2. The Labute approximate surface area is 105 Å². The van der Waals surface area contributed by atoms with Crippen LogP contribution >= 0.6 is 0 Å². The molecule has 0 spiro atoms. The number of nitrogens with zero attached hydrogens (tertiary/aromatic N) is 4. The predicted octanol–water partition coefficient (Wildman–Crippen LogP) is 1.01. The lowest BCUT2D eigenvalue weighted by molar-refractivity contribution is 0.0448. The minimum atomic E-state index is -0.646. The van der Waals surface area contributed by atoms with Gasteiger partial charge < -0.3 is 10.0 Å². The van der Waals surface area contributed by atoms with E-state index in [0.717, 1.165) is 36.2 Å². The second kappa shape index (κ2) is 3.91. The van der Waals surface area contributed by atoms with E-state index in [1.807, 2.05) is 13.8 Å². The third kappa shape index (κ3) is 1.92. The van der Waals surface area contributed by atoms with Gasteiger partial charge in [0.2, 0.25) is 0 Å². The lowest BCUT2D eigenvalue weighted by Crippen LogP contribution is -2.46. The largest absolute Gasteiger partial charge is 0.388 e. The molecule has 1 fully saturated rings. The molecule has 1 saturated heterocycles. The van der Waals surface area contributed by atoms with Crippen LogP contribution in [0.2, 0.25) is 0 Å². The molecular formula is C12H17N5O. The first-order valence-corrected chi connectivity index (χ1v) is 6.20. The first-order chi connectivity index (χ1) is 8.55. The molecule has 0 radical (unpaired) electrons. The van der Waals surface area contributed by atoms with Crippen molar-refractivity contribution in [2.24, 2.45) is 0 Å². The Morgan fingerprint density at radius 3 is 3.06 bits per heavy atom. The lowest BCUT2D eigenvalue weighted by atomic mass is 9.95. The van der Waals surface area contributed by atoms with E-state index in [4.69, 9.17) is 0 Å². The van der Waals surface area contributed by atoms with Gasteiger partial charge in [-0.3, -0.25) is 5.10 Å². The van der Waals surface area contributed by atoms with Crippen molar-refractivity contribution in [2.75, 3.05) is 18.0 Å². The van der Waals surface area contributed by atoms with Crippen molar-refractivity contribution in [3.05, 3.63) is 12.0 Å². The second-order valence-corrected chi connectivity index (χ2v) is 5.25. The van der Waals surface area contributed by atoms with Crippen molar-refractivity contribution >= 4 is 16.9 Å². The Hall–Kier alpha value is -1.69. The molecule has 2 N–H and O–H groups in total. The van der Waals surface area contributed by atoms with Crippen molar-refractivity contribution in [1.29, 1.82) is 0 Å². The molecule has 6 nitrogen and oxygen atoms in total. The van der Waals surface area contributed by atoms with Crippen molar-refractivity contribution in [2.45, 2.75) is 32.3 Å². The van der Waals surface area contributed by atoms with Gasteiger partial charge in [0.05, 0.1) is 17.2 Å². The third-order valence-corrected chi connectivity index (χ3v) is 3.38. The fraction of sp³-hybridized carbons (Fsp3) is 0.583. The van der Waals surface area contributed by atoms with Crippen LogP contribution in [0.15, 0.2) is 6.20 Å². The van der Waals surface area contributed by atoms with Gasteiger partial charge in [-0.2, -0.15) is 5.10 Å². The molecule has 18 heavy (non-hydrogen) atoms. The molecule has 0 unspecified atom stereocenters.